The lowest BCUT2D eigenvalue weighted by Gasteiger charge is -2.25. The molecular formula is C22H29N3O6S2. The van der Waals surface area contributed by atoms with Crippen molar-refractivity contribution in [2.75, 3.05) is 37.3 Å². The van der Waals surface area contributed by atoms with Gasteiger partial charge >= 0.3 is 0 Å². The van der Waals surface area contributed by atoms with Gasteiger partial charge in [-0.2, -0.15) is 0 Å². The zero-order valence-corrected chi connectivity index (χ0v) is 20.7. The summed E-state index contributed by atoms with van der Waals surface area (Å²) >= 11 is 0. The van der Waals surface area contributed by atoms with E-state index >= 15 is 0 Å². The van der Waals surface area contributed by atoms with Crippen molar-refractivity contribution in [2.24, 2.45) is 0 Å². The molecule has 9 nitrogen and oxygen atoms in total. The fourth-order valence-corrected chi connectivity index (χ4v) is 6.44. The summed E-state index contributed by atoms with van der Waals surface area (Å²) in [6.45, 7) is 4.17. The second-order valence-corrected chi connectivity index (χ2v) is 11.7. The van der Waals surface area contributed by atoms with Crippen LogP contribution in [-0.2, 0) is 24.8 Å². The van der Waals surface area contributed by atoms with E-state index in [-0.39, 0.29) is 35.3 Å². The second-order valence-electron chi connectivity index (χ2n) is 8.01. The number of amides is 1. The molecule has 0 saturated carbocycles. The fourth-order valence-electron chi connectivity index (χ4n) is 3.69. The van der Waals surface area contributed by atoms with Crippen molar-refractivity contribution in [1.82, 2.24) is 9.62 Å². The zero-order chi connectivity index (χ0) is 24.4. The summed E-state index contributed by atoms with van der Waals surface area (Å²) in [7, 11) is -4.07. The second kappa shape index (κ2) is 9.80. The molecule has 1 aliphatic heterocycles. The standard InChI is InChI=1S/C22H29N3O6S2/c1-5-31-19-10-7-17(8-11-19)20(24(3)4)15-23-33(29,30)21-14-18(9-6-16(21)2)25-22(26)12-13-32(25,27)28/h6-11,14,20,23H,5,12-13,15H2,1-4H3. The van der Waals surface area contributed by atoms with E-state index in [0.717, 1.165) is 11.3 Å². The molecule has 1 amide bonds. The molecule has 2 aromatic carbocycles. The van der Waals surface area contributed by atoms with E-state index in [1.807, 2.05) is 50.2 Å². The summed E-state index contributed by atoms with van der Waals surface area (Å²) in [5, 5.41) is 0. The SMILES string of the molecule is CCOc1ccc(C(CNS(=O)(=O)c2cc(N3C(=O)CCS3(=O)=O)ccc2C)N(C)C)cc1. The van der Waals surface area contributed by atoms with Crippen LogP contribution >= 0.6 is 0 Å². The highest BCUT2D eigenvalue weighted by Gasteiger charge is 2.37. The van der Waals surface area contributed by atoms with Crippen LogP contribution in [-0.4, -0.2) is 60.6 Å². The van der Waals surface area contributed by atoms with Gasteiger partial charge in [0.25, 0.3) is 0 Å². The van der Waals surface area contributed by atoms with Gasteiger partial charge in [0.2, 0.25) is 26.0 Å². The first kappa shape index (κ1) is 25.2. The Hall–Kier alpha value is -2.47. The average molecular weight is 496 g/mol. The number of rotatable bonds is 9. The molecule has 1 heterocycles. The Balaban J connectivity index is 1.85. The van der Waals surface area contributed by atoms with Crippen LogP contribution in [0, 0.1) is 6.92 Å². The highest BCUT2D eigenvalue weighted by molar-refractivity contribution is 7.94. The van der Waals surface area contributed by atoms with Gasteiger partial charge < -0.3 is 9.64 Å². The summed E-state index contributed by atoms with van der Waals surface area (Å²) in [5.74, 6) is -0.122. The number of carbonyl (C=O) groups is 1. The van der Waals surface area contributed by atoms with E-state index < -0.39 is 26.0 Å². The summed E-state index contributed by atoms with van der Waals surface area (Å²) in [4.78, 5) is 13.9. The fraction of sp³-hybridized carbons (Fsp3) is 0.409. The first-order chi connectivity index (χ1) is 15.5. The van der Waals surface area contributed by atoms with Crippen LogP contribution in [0.4, 0.5) is 5.69 Å². The molecule has 1 fully saturated rings. The molecule has 33 heavy (non-hydrogen) atoms. The average Bonchev–Trinajstić information content (AvgIpc) is 3.02. The van der Waals surface area contributed by atoms with Gasteiger partial charge in [0.15, 0.2) is 0 Å². The van der Waals surface area contributed by atoms with Gasteiger partial charge in [-0.05, 0) is 63.3 Å². The third-order valence-electron chi connectivity index (χ3n) is 5.44. The minimum absolute atomic E-state index is 0.0270. The lowest BCUT2D eigenvalue weighted by molar-refractivity contribution is -0.116. The quantitative estimate of drug-likeness (QED) is 0.566. The number of benzene rings is 2. The summed E-state index contributed by atoms with van der Waals surface area (Å²) < 4.78 is 59.6. The predicted molar refractivity (Wildman–Crippen MR) is 126 cm³/mol. The summed E-state index contributed by atoms with van der Waals surface area (Å²) in [5.41, 5.74) is 1.38. The molecule has 1 N–H and O–H groups in total. The lowest BCUT2D eigenvalue weighted by atomic mass is 10.1. The molecule has 1 saturated heterocycles. The topological polar surface area (TPSA) is 113 Å². The van der Waals surface area contributed by atoms with Crippen LogP contribution in [0.1, 0.15) is 30.5 Å². The third-order valence-corrected chi connectivity index (χ3v) is 8.70. The number of sulfonamides is 2. The van der Waals surface area contributed by atoms with Gasteiger partial charge in [-0.3, -0.25) is 4.79 Å². The van der Waals surface area contributed by atoms with Crippen LogP contribution in [0.2, 0.25) is 0 Å². The van der Waals surface area contributed by atoms with Gasteiger partial charge in [-0.15, -0.1) is 0 Å². The zero-order valence-electron chi connectivity index (χ0n) is 19.1. The maximum Gasteiger partial charge on any atom is 0.242 e. The Bertz CT molecular complexity index is 1230. The van der Waals surface area contributed by atoms with Gasteiger partial charge in [-0.25, -0.2) is 25.9 Å². The van der Waals surface area contributed by atoms with Crippen molar-refractivity contribution in [2.45, 2.75) is 31.2 Å². The predicted octanol–water partition coefficient (Wildman–Crippen LogP) is 2.04. The van der Waals surface area contributed by atoms with Gasteiger partial charge in [0.05, 0.1) is 22.9 Å². The highest BCUT2D eigenvalue weighted by atomic mass is 32.2. The number of hydrogen-bond acceptors (Lipinski definition) is 7. The van der Waals surface area contributed by atoms with Crippen molar-refractivity contribution in [3.63, 3.8) is 0 Å². The minimum atomic E-state index is -3.99. The maximum atomic E-state index is 13.2. The van der Waals surface area contributed by atoms with Crippen molar-refractivity contribution >= 4 is 31.6 Å². The molecule has 0 radical (unpaired) electrons. The number of anilines is 1. The monoisotopic (exact) mass is 495 g/mol. The molecule has 0 bridgehead atoms. The number of carbonyl (C=O) groups excluding carboxylic acids is 1. The molecule has 1 aliphatic rings. The Kier molecular flexibility index (Phi) is 7.47. The highest BCUT2D eigenvalue weighted by Crippen LogP contribution is 2.29. The molecular weight excluding hydrogens is 466 g/mol. The van der Waals surface area contributed by atoms with Crippen molar-refractivity contribution in [1.29, 1.82) is 0 Å². The van der Waals surface area contributed by atoms with Crippen molar-refractivity contribution in [3.05, 3.63) is 53.6 Å². The number of hydrogen-bond donors (Lipinski definition) is 1. The Morgan fingerprint density at radius 1 is 1.15 bits per heavy atom. The molecule has 3 rings (SSSR count). The Labute approximate surface area is 195 Å². The lowest BCUT2D eigenvalue weighted by Crippen LogP contribution is -2.35. The van der Waals surface area contributed by atoms with E-state index in [0.29, 0.717) is 16.5 Å². The van der Waals surface area contributed by atoms with Gasteiger partial charge in [-0.1, -0.05) is 18.2 Å². The van der Waals surface area contributed by atoms with E-state index in [2.05, 4.69) is 4.72 Å². The molecule has 0 spiro atoms. The van der Waals surface area contributed by atoms with Crippen molar-refractivity contribution in [3.8, 4) is 5.75 Å². The van der Waals surface area contributed by atoms with Gasteiger partial charge in [0.1, 0.15) is 5.75 Å². The summed E-state index contributed by atoms with van der Waals surface area (Å²) in [6.07, 6.45) is -0.122. The van der Waals surface area contributed by atoms with Crippen molar-refractivity contribution < 1.29 is 26.4 Å². The first-order valence-electron chi connectivity index (χ1n) is 10.5. The van der Waals surface area contributed by atoms with Crippen LogP contribution in [0.5, 0.6) is 5.75 Å². The van der Waals surface area contributed by atoms with Crippen LogP contribution < -0.4 is 13.8 Å². The minimum Gasteiger partial charge on any atom is -0.494 e. The number of aryl methyl sites for hydroxylation is 1. The van der Waals surface area contributed by atoms with Crippen LogP contribution in [0.25, 0.3) is 0 Å². The largest absolute Gasteiger partial charge is 0.494 e. The summed E-state index contributed by atoms with van der Waals surface area (Å²) in [6, 6.07) is 11.4. The number of nitrogens with zero attached hydrogens (tertiary/aromatic N) is 2. The Morgan fingerprint density at radius 3 is 2.36 bits per heavy atom. The third kappa shape index (κ3) is 5.55. The number of nitrogens with one attached hydrogen (secondary N) is 1. The number of ether oxygens (including phenoxy) is 1. The Morgan fingerprint density at radius 2 is 1.82 bits per heavy atom. The molecule has 1 atom stereocenters. The molecule has 2 aromatic rings. The van der Waals surface area contributed by atoms with E-state index in [4.69, 9.17) is 4.74 Å². The van der Waals surface area contributed by atoms with Crippen LogP contribution in [0.15, 0.2) is 47.4 Å². The molecule has 180 valence electrons. The smallest absolute Gasteiger partial charge is 0.242 e. The molecule has 0 aliphatic carbocycles. The molecule has 1 unspecified atom stereocenters. The van der Waals surface area contributed by atoms with E-state index in [1.54, 1.807) is 6.92 Å². The molecule has 0 aromatic heterocycles. The van der Waals surface area contributed by atoms with Crippen LogP contribution in [0.3, 0.4) is 0 Å². The van der Waals surface area contributed by atoms with E-state index in [1.165, 1.54) is 18.2 Å². The van der Waals surface area contributed by atoms with Gasteiger partial charge in [0, 0.05) is 19.0 Å². The normalized spacial score (nSPS) is 16.9. The maximum absolute atomic E-state index is 13.2. The number of likely N-dealkylation sites (N-methyl/N-ethyl adjacent to an activating group) is 1. The first-order valence-corrected chi connectivity index (χ1v) is 13.6. The van der Waals surface area contributed by atoms with E-state index in [9.17, 15) is 21.6 Å². The molecule has 11 heteroatoms.